The molecule has 0 spiro atoms. The molecule has 0 aliphatic heterocycles. The highest BCUT2D eigenvalue weighted by Gasteiger charge is 2.37. The number of aliphatic hydroxyl groups is 1. The Morgan fingerprint density at radius 3 is 2.47 bits per heavy atom. The summed E-state index contributed by atoms with van der Waals surface area (Å²) in [5.74, 6) is 0. The van der Waals surface area contributed by atoms with Crippen LogP contribution in [0.5, 0.6) is 0 Å². The standard InChI is InChI=1S/C18H20O/c1-12-5-4-6-16(9-12)18(19)10-15-8-13(2)7-14(3)17(15)11-18/h4-9,19H,10-11H2,1-3H3. The van der Waals surface area contributed by atoms with E-state index in [0.717, 1.165) is 18.4 Å². The second-order valence-electron chi connectivity index (χ2n) is 5.97. The van der Waals surface area contributed by atoms with Crippen LogP contribution in [0.1, 0.15) is 33.4 Å². The fraction of sp³-hybridized carbons (Fsp3) is 0.333. The van der Waals surface area contributed by atoms with E-state index < -0.39 is 5.60 Å². The molecule has 1 unspecified atom stereocenters. The molecular formula is C18H20O. The quantitative estimate of drug-likeness (QED) is 0.822. The average molecular weight is 252 g/mol. The maximum Gasteiger partial charge on any atom is 0.0977 e. The first-order chi connectivity index (χ1) is 8.98. The molecule has 0 heterocycles. The Morgan fingerprint density at radius 1 is 0.947 bits per heavy atom. The molecule has 1 aliphatic rings. The minimum absolute atomic E-state index is 0.729. The van der Waals surface area contributed by atoms with Crippen molar-refractivity contribution in [3.8, 4) is 0 Å². The van der Waals surface area contributed by atoms with Crippen LogP contribution in [0.15, 0.2) is 36.4 Å². The number of aryl methyl sites for hydroxylation is 3. The molecule has 2 aromatic rings. The Bertz CT molecular complexity index is 642. The molecule has 0 amide bonds. The van der Waals surface area contributed by atoms with Crippen molar-refractivity contribution in [1.29, 1.82) is 0 Å². The van der Waals surface area contributed by atoms with Crippen LogP contribution >= 0.6 is 0 Å². The predicted molar refractivity (Wildman–Crippen MR) is 78.4 cm³/mol. The van der Waals surface area contributed by atoms with Crippen LogP contribution in [-0.4, -0.2) is 5.11 Å². The summed E-state index contributed by atoms with van der Waals surface area (Å²) in [6.07, 6.45) is 1.46. The smallest absolute Gasteiger partial charge is 0.0977 e. The highest BCUT2D eigenvalue weighted by atomic mass is 16.3. The third-order valence-corrected chi connectivity index (χ3v) is 4.22. The van der Waals surface area contributed by atoms with Crippen LogP contribution < -0.4 is 0 Å². The van der Waals surface area contributed by atoms with Crippen LogP contribution in [0.3, 0.4) is 0 Å². The Labute approximate surface area is 114 Å². The maximum atomic E-state index is 11.0. The largest absolute Gasteiger partial charge is 0.384 e. The SMILES string of the molecule is Cc1cccc(C2(O)Cc3cc(C)cc(C)c3C2)c1. The Balaban J connectivity index is 2.05. The second-order valence-corrected chi connectivity index (χ2v) is 5.97. The van der Waals surface area contributed by atoms with Gasteiger partial charge in [0.15, 0.2) is 0 Å². The van der Waals surface area contributed by atoms with E-state index in [-0.39, 0.29) is 0 Å². The third-order valence-electron chi connectivity index (χ3n) is 4.22. The Kier molecular flexibility index (Phi) is 2.75. The lowest BCUT2D eigenvalue weighted by molar-refractivity contribution is 0.0481. The molecule has 98 valence electrons. The van der Waals surface area contributed by atoms with Gasteiger partial charge < -0.3 is 5.11 Å². The van der Waals surface area contributed by atoms with E-state index in [9.17, 15) is 5.11 Å². The topological polar surface area (TPSA) is 20.2 Å². The zero-order chi connectivity index (χ0) is 13.6. The van der Waals surface area contributed by atoms with E-state index in [2.05, 4.69) is 45.0 Å². The first-order valence-corrected chi connectivity index (χ1v) is 6.86. The van der Waals surface area contributed by atoms with Crippen molar-refractivity contribution in [2.45, 2.75) is 39.2 Å². The minimum atomic E-state index is -0.729. The minimum Gasteiger partial charge on any atom is -0.384 e. The van der Waals surface area contributed by atoms with Crippen LogP contribution in [-0.2, 0) is 18.4 Å². The van der Waals surface area contributed by atoms with Gasteiger partial charge in [0, 0.05) is 12.8 Å². The molecule has 1 atom stereocenters. The van der Waals surface area contributed by atoms with Gasteiger partial charge in [-0.25, -0.2) is 0 Å². The second kappa shape index (κ2) is 4.21. The first kappa shape index (κ1) is 12.4. The summed E-state index contributed by atoms with van der Waals surface area (Å²) in [6.45, 7) is 6.34. The number of fused-ring (bicyclic) bond motifs is 1. The molecule has 0 aromatic heterocycles. The third kappa shape index (κ3) is 2.08. The van der Waals surface area contributed by atoms with Crippen LogP contribution in [0.25, 0.3) is 0 Å². The van der Waals surface area contributed by atoms with Gasteiger partial charge in [-0.15, -0.1) is 0 Å². The average Bonchev–Trinajstić information content (AvgIpc) is 2.68. The zero-order valence-electron chi connectivity index (χ0n) is 11.8. The van der Waals surface area contributed by atoms with Gasteiger partial charge in [-0.3, -0.25) is 0 Å². The van der Waals surface area contributed by atoms with Gasteiger partial charge in [0.05, 0.1) is 5.60 Å². The fourth-order valence-electron chi connectivity index (χ4n) is 3.30. The molecule has 3 rings (SSSR count). The monoisotopic (exact) mass is 252 g/mol. The molecule has 2 aromatic carbocycles. The summed E-state index contributed by atoms with van der Waals surface area (Å²) in [5.41, 5.74) is 6.74. The number of rotatable bonds is 1. The van der Waals surface area contributed by atoms with Gasteiger partial charge in [0.25, 0.3) is 0 Å². The molecular weight excluding hydrogens is 232 g/mol. The van der Waals surface area contributed by atoms with Crippen molar-refractivity contribution < 1.29 is 5.11 Å². The molecule has 0 saturated carbocycles. The highest BCUT2D eigenvalue weighted by molar-refractivity contribution is 5.46. The summed E-state index contributed by atoms with van der Waals surface area (Å²) in [6, 6.07) is 12.7. The maximum absolute atomic E-state index is 11.0. The summed E-state index contributed by atoms with van der Waals surface area (Å²) in [7, 11) is 0. The first-order valence-electron chi connectivity index (χ1n) is 6.86. The molecule has 1 N–H and O–H groups in total. The number of hydrogen-bond acceptors (Lipinski definition) is 1. The normalized spacial score (nSPS) is 21.5. The van der Waals surface area contributed by atoms with Crippen molar-refractivity contribution in [3.05, 3.63) is 69.8 Å². The van der Waals surface area contributed by atoms with Gasteiger partial charge in [0.1, 0.15) is 0 Å². The van der Waals surface area contributed by atoms with E-state index >= 15 is 0 Å². The number of benzene rings is 2. The molecule has 0 radical (unpaired) electrons. The number of hydrogen-bond donors (Lipinski definition) is 1. The zero-order valence-corrected chi connectivity index (χ0v) is 11.8. The summed E-state index contributed by atoms with van der Waals surface area (Å²) in [4.78, 5) is 0. The van der Waals surface area contributed by atoms with Crippen molar-refractivity contribution >= 4 is 0 Å². The van der Waals surface area contributed by atoms with Gasteiger partial charge in [0.2, 0.25) is 0 Å². The fourth-order valence-corrected chi connectivity index (χ4v) is 3.30. The highest BCUT2D eigenvalue weighted by Crippen LogP contribution is 2.39. The summed E-state index contributed by atoms with van der Waals surface area (Å²) < 4.78 is 0. The summed E-state index contributed by atoms with van der Waals surface area (Å²) in [5, 5.41) is 11.0. The van der Waals surface area contributed by atoms with E-state index in [1.165, 1.54) is 27.8 Å². The van der Waals surface area contributed by atoms with Gasteiger partial charge >= 0.3 is 0 Å². The van der Waals surface area contributed by atoms with Gasteiger partial charge in [-0.1, -0.05) is 47.5 Å². The molecule has 19 heavy (non-hydrogen) atoms. The summed E-state index contributed by atoms with van der Waals surface area (Å²) >= 11 is 0. The van der Waals surface area contributed by atoms with E-state index in [1.807, 2.05) is 12.1 Å². The van der Waals surface area contributed by atoms with E-state index in [1.54, 1.807) is 0 Å². The predicted octanol–water partition coefficient (Wildman–Crippen LogP) is 3.60. The molecule has 1 nitrogen and oxygen atoms in total. The lowest BCUT2D eigenvalue weighted by atomic mass is 9.90. The lowest BCUT2D eigenvalue weighted by Gasteiger charge is -2.23. The van der Waals surface area contributed by atoms with Crippen molar-refractivity contribution in [3.63, 3.8) is 0 Å². The van der Waals surface area contributed by atoms with Crippen LogP contribution in [0, 0.1) is 20.8 Å². The van der Waals surface area contributed by atoms with E-state index in [0.29, 0.717) is 0 Å². The van der Waals surface area contributed by atoms with Gasteiger partial charge in [-0.2, -0.15) is 0 Å². The Hall–Kier alpha value is -1.60. The van der Waals surface area contributed by atoms with Gasteiger partial charge in [-0.05, 0) is 43.0 Å². The van der Waals surface area contributed by atoms with Crippen molar-refractivity contribution in [1.82, 2.24) is 0 Å². The Morgan fingerprint density at radius 2 is 1.74 bits per heavy atom. The van der Waals surface area contributed by atoms with Crippen molar-refractivity contribution in [2.24, 2.45) is 0 Å². The molecule has 1 heteroatoms. The molecule has 0 bridgehead atoms. The van der Waals surface area contributed by atoms with E-state index in [4.69, 9.17) is 0 Å². The van der Waals surface area contributed by atoms with Crippen molar-refractivity contribution in [2.75, 3.05) is 0 Å². The van der Waals surface area contributed by atoms with Crippen LogP contribution in [0.2, 0.25) is 0 Å². The molecule has 0 fully saturated rings. The lowest BCUT2D eigenvalue weighted by Crippen LogP contribution is -2.26. The molecule has 0 saturated heterocycles. The van der Waals surface area contributed by atoms with Crippen LogP contribution in [0.4, 0.5) is 0 Å². The molecule has 1 aliphatic carbocycles.